The van der Waals surface area contributed by atoms with Crippen LogP contribution in [0.3, 0.4) is 0 Å². The van der Waals surface area contributed by atoms with Crippen LogP contribution in [0.5, 0.6) is 11.5 Å². The zero-order chi connectivity index (χ0) is 14.2. The van der Waals surface area contributed by atoms with E-state index in [-0.39, 0.29) is 0 Å². The van der Waals surface area contributed by atoms with Gasteiger partial charge in [-0.05, 0) is 29.8 Å². The first-order chi connectivity index (χ1) is 9.57. The predicted octanol–water partition coefficient (Wildman–Crippen LogP) is 4.49. The van der Waals surface area contributed by atoms with Crippen molar-refractivity contribution in [2.75, 3.05) is 0 Å². The molecule has 2 nitrogen and oxygen atoms in total. The van der Waals surface area contributed by atoms with Crippen LogP contribution in [0.2, 0.25) is 0 Å². The molecule has 2 aromatic carbocycles. The molecule has 4 heteroatoms. The van der Waals surface area contributed by atoms with Crippen molar-refractivity contribution in [1.82, 2.24) is 0 Å². The first kappa shape index (κ1) is 13.5. The van der Waals surface area contributed by atoms with Crippen molar-refractivity contribution in [2.24, 2.45) is 0 Å². The summed E-state index contributed by atoms with van der Waals surface area (Å²) in [6.45, 7) is 0. The van der Waals surface area contributed by atoms with Gasteiger partial charge in [-0.2, -0.15) is 0 Å². The Morgan fingerprint density at radius 3 is 2.00 bits per heavy atom. The second kappa shape index (κ2) is 4.80. The second-order valence-corrected chi connectivity index (χ2v) is 6.39. The molecule has 0 N–H and O–H groups in total. The Hall–Kier alpha value is -1.51. The molecule has 2 aromatic rings. The summed E-state index contributed by atoms with van der Waals surface area (Å²) >= 11 is 12.1. The van der Waals surface area contributed by atoms with Crippen LogP contribution < -0.4 is 4.74 Å². The Morgan fingerprint density at radius 1 is 0.950 bits per heavy atom. The third kappa shape index (κ3) is 2.19. The predicted molar refractivity (Wildman–Crippen MR) is 79.8 cm³/mol. The first-order valence-corrected chi connectivity index (χ1v) is 7.01. The molecule has 0 spiro atoms. The van der Waals surface area contributed by atoms with E-state index < -0.39 is 9.75 Å². The van der Waals surface area contributed by atoms with Crippen LogP contribution in [0.15, 0.2) is 54.6 Å². The summed E-state index contributed by atoms with van der Waals surface area (Å²) < 4.78 is 4.71. The third-order valence-electron chi connectivity index (χ3n) is 3.58. The van der Waals surface area contributed by atoms with Crippen LogP contribution in [0.4, 0.5) is 0 Å². The van der Waals surface area contributed by atoms with E-state index in [0.29, 0.717) is 12.2 Å². The maximum Gasteiger partial charge on any atom is 0.136 e. The highest BCUT2D eigenvalue weighted by atomic mass is 35.5. The highest BCUT2D eigenvalue weighted by Crippen LogP contribution is 2.63. The van der Waals surface area contributed by atoms with Crippen LogP contribution in [-0.2, 0) is 10.2 Å². The molecule has 20 heavy (non-hydrogen) atoms. The van der Waals surface area contributed by atoms with Crippen molar-refractivity contribution in [2.45, 2.75) is 16.2 Å². The number of hydrogen-bond donors (Lipinski definition) is 0. The fraction of sp³-hybridized carbons (Fsp3) is 0.188. The molecule has 102 valence electrons. The van der Waals surface area contributed by atoms with Crippen molar-refractivity contribution < 1.29 is 9.53 Å². The number of benzene rings is 2. The Labute approximate surface area is 127 Å². The van der Waals surface area contributed by atoms with Gasteiger partial charge in [0.2, 0.25) is 0 Å². The fourth-order valence-corrected chi connectivity index (χ4v) is 2.99. The molecule has 0 aliphatic heterocycles. The fourth-order valence-electron chi connectivity index (χ4n) is 2.26. The number of para-hydroxylation sites is 1. The molecule has 1 aliphatic rings. The van der Waals surface area contributed by atoms with Crippen LogP contribution >= 0.6 is 23.2 Å². The van der Waals surface area contributed by atoms with Gasteiger partial charge in [0.25, 0.3) is 0 Å². The molecule has 0 heterocycles. The zero-order valence-corrected chi connectivity index (χ0v) is 12.1. The maximum atomic E-state index is 11.3. The van der Waals surface area contributed by atoms with Crippen molar-refractivity contribution in [1.29, 1.82) is 0 Å². The van der Waals surface area contributed by atoms with E-state index in [9.17, 15) is 4.79 Å². The Morgan fingerprint density at radius 2 is 1.50 bits per heavy atom. The van der Waals surface area contributed by atoms with Gasteiger partial charge >= 0.3 is 0 Å². The molecule has 0 bridgehead atoms. The lowest BCUT2D eigenvalue weighted by Crippen LogP contribution is -2.16. The van der Waals surface area contributed by atoms with Crippen molar-refractivity contribution in [3.05, 3.63) is 60.2 Å². The van der Waals surface area contributed by atoms with Gasteiger partial charge in [-0.3, -0.25) is 0 Å². The highest BCUT2D eigenvalue weighted by Gasteiger charge is 2.67. The zero-order valence-electron chi connectivity index (χ0n) is 10.6. The topological polar surface area (TPSA) is 26.3 Å². The third-order valence-corrected chi connectivity index (χ3v) is 4.52. The van der Waals surface area contributed by atoms with E-state index in [0.717, 1.165) is 17.6 Å². The Bertz CT molecular complexity index is 623. The van der Waals surface area contributed by atoms with Gasteiger partial charge in [0.15, 0.2) is 0 Å². The largest absolute Gasteiger partial charge is 0.457 e. The normalized spacial score (nSPS) is 23.1. The Kier molecular flexibility index (Phi) is 3.23. The number of rotatable bonds is 4. The van der Waals surface area contributed by atoms with E-state index in [1.54, 1.807) is 0 Å². The van der Waals surface area contributed by atoms with Crippen molar-refractivity contribution in [3.63, 3.8) is 0 Å². The SMILES string of the molecule is O=CC1(c2ccc(Oc3ccccc3)cc2)CC1(Cl)Cl. The minimum atomic E-state index is -0.990. The summed E-state index contributed by atoms with van der Waals surface area (Å²) in [6.07, 6.45) is 1.28. The molecule has 0 saturated heterocycles. The standard InChI is InChI=1S/C16H12Cl2O2/c17-16(18)10-15(16,11-19)12-6-8-14(9-7-12)20-13-4-2-1-3-5-13/h1-9,11H,10H2. The van der Waals surface area contributed by atoms with Gasteiger partial charge in [-0.1, -0.05) is 30.3 Å². The maximum absolute atomic E-state index is 11.3. The van der Waals surface area contributed by atoms with Crippen molar-refractivity contribution >= 4 is 29.5 Å². The number of aldehydes is 1. The van der Waals surface area contributed by atoms with Gasteiger partial charge < -0.3 is 9.53 Å². The lowest BCUT2D eigenvalue weighted by molar-refractivity contribution is -0.109. The number of alkyl halides is 2. The van der Waals surface area contributed by atoms with E-state index >= 15 is 0 Å². The molecule has 0 radical (unpaired) electrons. The Balaban J connectivity index is 1.81. The molecule has 0 amide bonds. The lowest BCUT2D eigenvalue weighted by Gasteiger charge is -2.12. The summed E-state index contributed by atoms with van der Waals surface area (Å²) in [5.74, 6) is 1.47. The number of carbonyl (C=O) groups excluding carboxylic acids is 1. The van der Waals surface area contributed by atoms with Gasteiger partial charge in [0, 0.05) is 6.42 Å². The van der Waals surface area contributed by atoms with Crippen LogP contribution in [0, 0.1) is 0 Å². The molecule has 1 unspecified atom stereocenters. The molecule has 1 aliphatic carbocycles. The summed E-state index contributed by atoms with van der Waals surface area (Å²) in [5.41, 5.74) is 0.0411. The average molecular weight is 307 g/mol. The summed E-state index contributed by atoms with van der Waals surface area (Å²) in [7, 11) is 0. The van der Waals surface area contributed by atoms with Crippen LogP contribution in [0.1, 0.15) is 12.0 Å². The minimum absolute atomic E-state index is 0.450. The second-order valence-electron chi connectivity index (χ2n) is 4.91. The molecule has 3 rings (SSSR count). The smallest absolute Gasteiger partial charge is 0.136 e. The van der Waals surface area contributed by atoms with E-state index in [4.69, 9.17) is 27.9 Å². The average Bonchev–Trinajstić information content (AvgIpc) is 3.04. The lowest BCUT2D eigenvalue weighted by atomic mass is 9.98. The molecule has 0 aromatic heterocycles. The van der Waals surface area contributed by atoms with Crippen LogP contribution in [-0.4, -0.2) is 10.6 Å². The number of halogens is 2. The van der Waals surface area contributed by atoms with E-state index in [1.807, 2.05) is 54.6 Å². The van der Waals surface area contributed by atoms with Crippen molar-refractivity contribution in [3.8, 4) is 11.5 Å². The van der Waals surface area contributed by atoms with Crippen LogP contribution in [0.25, 0.3) is 0 Å². The number of carbonyl (C=O) groups is 1. The monoisotopic (exact) mass is 306 g/mol. The van der Waals surface area contributed by atoms with Gasteiger partial charge in [0.05, 0.1) is 5.41 Å². The number of hydrogen-bond acceptors (Lipinski definition) is 2. The summed E-state index contributed by atoms with van der Waals surface area (Å²) in [4.78, 5) is 11.3. The van der Waals surface area contributed by atoms with E-state index in [2.05, 4.69) is 0 Å². The molecule has 1 saturated carbocycles. The summed E-state index contributed by atoms with van der Waals surface area (Å²) in [6, 6.07) is 16.8. The molecule has 1 fully saturated rings. The number of ether oxygens (including phenoxy) is 1. The summed E-state index contributed by atoms with van der Waals surface area (Å²) in [5, 5.41) is 0. The van der Waals surface area contributed by atoms with Gasteiger partial charge in [0.1, 0.15) is 22.1 Å². The molecular weight excluding hydrogens is 295 g/mol. The minimum Gasteiger partial charge on any atom is -0.457 e. The van der Waals surface area contributed by atoms with E-state index in [1.165, 1.54) is 0 Å². The highest BCUT2D eigenvalue weighted by molar-refractivity contribution is 6.53. The quantitative estimate of drug-likeness (QED) is 0.614. The first-order valence-electron chi connectivity index (χ1n) is 6.25. The molecular formula is C16H12Cl2O2. The molecule has 1 atom stereocenters. The van der Waals surface area contributed by atoms with Gasteiger partial charge in [-0.15, -0.1) is 23.2 Å². The van der Waals surface area contributed by atoms with Gasteiger partial charge in [-0.25, -0.2) is 0 Å².